The van der Waals surface area contributed by atoms with Crippen LogP contribution in [0, 0.1) is 5.92 Å². The molecule has 10 heteroatoms. The van der Waals surface area contributed by atoms with Crippen LogP contribution in [0.15, 0.2) is 24.3 Å². The lowest BCUT2D eigenvalue weighted by atomic mass is 9.82. The van der Waals surface area contributed by atoms with Crippen LogP contribution in [0.25, 0.3) is 10.9 Å². The molecule has 1 aromatic carbocycles. The largest absolute Gasteiger partial charge is 0.466 e. The molecule has 3 rings (SSSR count). The highest BCUT2D eigenvalue weighted by Crippen LogP contribution is 2.27. The van der Waals surface area contributed by atoms with Crippen LogP contribution in [0.3, 0.4) is 0 Å². The molecule has 0 spiro atoms. The Balaban J connectivity index is 1.75. The van der Waals surface area contributed by atoms with E-state index in [1.54, 1.807) is 52.0 Å². The van der Waals surface area contributed by atoms with Gasteiger partial charge in [0.15, 0.2) is 5.69 Å². The van der Waals surface area contributed by atoms with Gasteiger partial charge in [0.2, 0.25) is 0 Å². The highest BCUT2D eigenvalue weighted by atomic mass is 35.5. The van der Waals surface area contributed by atoms with Gasteiger partial charge in [-0.3, -0.25) is 9.59 Å². The molecule has 1 aromatic heterocycles. The van der Waals surface area contributed by atoms with E-state index in [4.69, 9.17) is 21.1 Å². The zero-order valence-electron chi connectivity index (χ0n) is 19.2. The molecule has 0 aliphatic heterocycles. The molecule has 1 saturated carbocycles. The lowest BCUT2D eigenvalue weighted by molar-refractivity contribution is -0.149. The summed E-state index contributed by atoms with van der Waals surface area (Å²) in [7, 11) is 0. The summed E-state index contributed by atoms with van der Waals surface area (Å²) in [5.41, 5.74) is 0.0496. The highest BCUT2D eigenvalue weighted by Gasteiger charge is 2.37. The van der Waals surface area contributed by atoms with Crippen LogP contribution in [-0.2, 0) is 14.3 Å². The Morgan fingerprint density at radius 2 is 1.85 bits per heavy atom. The molecular formula is C23H29ClN4O5. The number of carbonyl (C=O) groups excluding carboxylic acids is 3. The molecule has 1 aliphatic carbocycles. The van der Waals surface area contributed by atoms with E-state index in [2.05, 4.69) is 20.8 Å². The third-order valence-electron chi connectivity index (χ3n) is 5.27. The number of esters is 1. The van der Waals surface area contributed by atoms with Gasteiger partial charge < -0.3 is 20.1 Å². The first kappa shape index (κ1) is 24.7. The third-order valence-corrected chi connectivity index (χ3v) is 5.51. The topological polar surface area (TPSA) is 120 Å². The second kappa shape index (κ2) is 10.3. The molecule has 9 nitrogen and oxygen atoms in total. The van der Waals surface area contributed by atoms with Crippen LogP contribution in [0.5, 0.6) is 0 Å². The van der Waals surface area contributed by atoms with E-state index in [0.717, 1.165) is 5.39 Å². The summed E-state index contributed by atoms with van der Waals surface area (Å²) in [6.07, 6.45) is 0.716. The molecule has 0 bridgehead atoms. The number of rotatable bonds is 5. The van der Waals surface area contributed by atoms with Crippen molar-refractivity contribution in [2.45, 2.75) is 64.6 Å². The maximum absolute atomic E-state index is 12.9. The molecule has 1 fully saturated rings. The predicted octanol–water partition coefficient (Wildman–Crippen LogP) is 3.64. The average molecular weight is 477 g/mol. The maximum Gasteiger partial charge on any atom is 0.407 e. The number of nitrogens with one attached hydrogen (secondary N) is 2. The third kappa shape index (κ3) is 6.77. The molecule has 1 aliphatic rings. The number of aromatic nitrogens is 2. The summed E-state index contributed by atoms with van der Waals surface area (Å²) in [4.78, 5) is 37.6. The summed E-state index contributed by atoms with van der Waals surface area (Å²) < 4.78 is 10.5. The number of benzene rings is 1. The first-order chi connectivity index (χ1) is 15.6. The quantitative estimate of drug-likeness (QED) is 0.632. The van der Waals surface area contributed by atoms with Gasteiger partial charge in [-0.1, -0.05) is 17.7 Å². The summed E-state index contributed by atoms with van der Waals surface area (Å²) in [6, 6.07) is 5.85. The van der Waals surface area contributed by atoms with Crippen molar-refractivity contribution in [2.75, 3.05) is 6.61 Å². The van der Waals surface area contributed by atoms with Crippen LogP contribution in [0.2, 0.25) is 5.02 Å². The molecule has 2 amide bonds. The van der Waals surface area contributed by atoms with E-state index in [0.29, 0.717) is 29.8 Å². The molecule has 3 unspecified atom stereocenters. The Bertz CT molecular complexity index is 1040. The van der Waals surface area contributed by atoms with Crippen molar-refractivity contribution >= 4 is 40.5 Å². The SMILES string of the molecule is CCOC(=O)C1CCC(NC(=O)c2cc3ccc(Cl)cc3nn2)C(NC(=O)OC(C)(C)C)C1. The van der Waals surface area contributed by atoms with Crippen molar-refractivity contribution in [1.29, 1.82) is 0 Å². The Kier molecular flexibility index (Phi) is 7.73. The summed E-state index contributed by atoms with van der Waals surface area (Å²) in [6.45, 7) is 7.32. The summed E-state index contributed by atoms with van der Waals surface area (Å²) in [5.74, 6) is -1.10. The molecule has 2 aromatic rings. The fraction of sp³-hybridized carbons (Fsp3) is 0.522. The fourth-order valence-corrected chi connectivity index (χ4v) is 3.96. The Morgan fingerprint density at radius 3 is 2.55 bits per heavy atom. The second-order valence-corrected chi connectivity index (χ2v) is 9.46. The smallest absolute Gasteiger partial charge is 0.407 e. The van der Waals surface area contributed by atoms with Crippen LogP contribution in [-0.4, -0.2) is 52.5 Å². The lowest BCUT2D eigenvalue weighted by Crippen LogP contribution is -2.56. The van der Waals surface area contributed by atoms with Gasteiger partial charge in [0.25, 0.3) is 5.91 Å². The molecule has 0 radical (unpaired) electrons. The lowest BCUT2D eigenvalue weighted by Gasteiger charge is -2.36. The molecule has 1 heterocycles. The molecule has 3 atom stereocenters. The molecule has 2 N–H and O–H groups in total. The Labute approximate surface area is 197 Å². The van der Waals surface area contributed by atoms with E-state index in [1.807, 2.05) is 0 Å². The normalized spacial score (nSPS) is 20.7. The number of amides is 2. The number of alkyl carbamates (subject to hydrolysis) is 1. The van der Waals surface area contributed by atoms with Gasteiger partial charge in [0.1, 0.15) is 5.60 Å². The van der Waals surface area contributed by atoms with E-state index in [9.17, 15) is 14.4 Å². The zero-order valence-corrected chi connectivity index (χ0v) is 19.9. The second-order valence-electron chi connectivity index (χ2n) is 9.03. The van der Waals surface area contributed by atoms with E-state index in [1.165, 1.54) is 0 Å². The Hall–Kier alpha value is -2.94. The first-order valence-electron chi connectivity index (χ1n) is 11.0. The van der Waals surface area contributed by atoms with Gasteiger partial charge in [-0.2, -0.15) is 0 Å². The van der Waals surface area contributed by atoms with E-state index < -0.39 is 29.7 Å². The molecule has 33 heavy (non-hydrogen) atoms. The van der Waals surface area contributed by atoms with Crippen LogP contribution in [0.1, 0.15) is 57.4 Å². The number of fused-ring (bicyclic) bond motifs is 1. The average Bonchev–Trinajstić information content (AvgIpc) is 2.73. The van der Waals surface area contributed by atoms with Crippen molar-refractivity contribution < 1.29 is 23.9 Å². The number of carbonyl (C=O) groups is 3. The summed E-state index contributed by atoms with van der Waals surface area (Å²) >= 11 is 5.98. The van der Waals surface area contributed by atoms with Gasteiger partial charge >= 0.3 is 12.1 Å². The van der Waals surface area contributed by atoms with Gasteiger partial charge in [-0.15, -0.1) is 10.2 Å². The zero-order chi connectivity index (χ0) is 24.2. The van der Waals surface area contributed by atoms with Gasteiger partial charge in [-0.05, 0) is 65.2 Å². The molecular weight excluding hydrogens is 448 g/mol. The van der Waals surface area contributed by atoms with Crippen LogP contribution >= 0.6 is 11.6 Å². The van der Waals surface area contributed by atoms with Crippen molar-refractivity contribution in [2.24, 2.45) is 5.92 Å². The van der Waals surface area contributed by atoms with Crippen LogP contribution < -0.4 is 10.6 Å². The minimum Gasteiger partial charge on any atom is -0.466 e. The van der Waals surface area contributed by atoms with Crippen molar-refractivity contribution in [3.05, 3.63) is 35.0 Å². The number of nitrogens with zero attached hydrogens (tertiary/aromatic N) is 2. The monoisotopic (exact) mass is 476 g/mol. The Morgan fingerprint density at radius 1 is 1.09 bits per heavy atom. The number of hydrogen-bond acceptors (Lipinski definition) is 7. The minimum atomic E-state index is -0.679. The number of ether oxygens (including phenoxy) is 2. The first-order valence-corrected chi connectivity index (χ1v) is 11.3. The summed E-state index contributed by atoms with van der Waals surface area (Å²) in [5, 5.41) is 15.1. The highest BCUT2D eigenvalue weighted by molar-refractivity contribution is 6.31. The van der Waals surface area contributed by atoms with Crippen molar-refractivity contribution in [3.63, 3.8) is 0 Å². The van der Waals surface area contributed by atoms with E-state index >= 15 is 0 Å². The predicted molar refractivity (Wildman–Crippen MR) is 123 cm³/mol. The van der Waals surface area contributed by atoms with E-state index in [-0.39, 0.29) is 24.2 Å². The minimum absolute atomic E-state index is 0.147. The standard InChI is InChI=1S/C23H29ClN4O5/c1-5-32-21(30)14-7-9-16(18(11-14)26-22(31)33-23(2,3)4)25-20(29)19-10-13-6-8-15(24)12-17(13)27-28-19/h6,8,10,12,14,16,18H,5,7,9,11H2,1-4H3,(H,25,29)(H,26,31). The van der Waals surface area contributed by atoms with Gasteiger partial charge in [-0.25, -0.2) is 4.79 Å². The molecule has 0 saturated heterocycles. The van der Waals surface area contributed by atoms with Crippen molar-refractivity contribution in [3.8, 4) is 0 Å². The number of hydrogen-bond donors (Lipinski definition) is 2. The maximum atomic E-state index is 12.9. The van der Waals surface area contributed by atoms with Gasteiger partial charge in [0.05, 0.1) is 24.1 Å². The van der Waals surface area contributed by atoms with Crippen LogP contribution in [0.4, 0.5) is 4.79 Å². The number of halogens is 1. The van der Waals surface area contributed by atoms with Crippen molar-refractivity contribution in [1.82, 2.24) is 20.8 Å². The van der Waals surface area contributed by atoms with Gasteiger partial charge in [0, 0.05) is 16.5 Å². The fourth-order valence-electron chi connectivity index (χ4n) is 3.80. The molecule has 178 valence electrons.